The van der Waals surface area contributed by atoms with Crippen LogP contribution in [0.2, 0.25) is 5.02 Å². The van der Waals surface area contributed by atoms with Crippen LogP contribution in [0, 0.1) is 35.5 Å². The molecular formula is C25H21ClN2O3. The van der Waals surface area contributed by atoms with Crippen molar-refractivity contribution in [3.05, 3.63) is 76.8 Å². The third-order valence-corrected chi connectivity index (χ3v) is 7.41. The van der Waals surface area contributed by atoms with Gasteiger partial charge in [-0.25, -0.2) is 0 Å². The monoisotopic (exact) mass is 432 g/mol. The molecule has 5 aliphatic rings. The van der Waals surface area contributed by atoms with Crippen LogP contribution in [0.1, 0.15) is 17.5 Å². The van der Waals surface area contributed by atoms with E-state index in [9.17, 15) is 9.59 Å². The normalized spacial score (nSPS) is 32.5. The number of ether oxygens (including phenoxy) is 1. The van der Waals surface area contributed by atoms with Gasteiger partial charge in [-0.15, -0.1) is 0 Å². The number of imide groups is 1. The van der Waals surface area contributed by atoms with Crippen molar-refractivity contribution < 1.29 is 14.3 Å². The molecule has 5 nitrogen and oxygen atoms in total. The zero-order valence-corrected chi connectivity index (χ0v) is 17.5. The fourth-order valence-corrected chi connectivity index (χ4v) is 5.70. The molecule has 3 fully saturated rings. The Bertz CT molecular complexity index is 1070. The van der Waals surface area contributed by atoms with E-state index in [1.807, 2.05) is 48.5 Å². The number of amides is 2. The van der Waals surface area contributed by atoms with Gasteiger partial charge in [0.1, 0.15) is 12.4 Å². The summed E-state index contributed by atoms with van der Waals surface area (Å²) in [5.74, 6) is 1.64. The van der Waals surface area contributed by atoms with E-state index >= 15 is 0 Å². The van der Waals surface area contributed by atoms with Crippen molar-refractivity contribution in [1.82, 2.24) is 5.01 Å². The van der Waals surface area contributed by atoms with E-state index in [1.54, 1.807) is 6.21 Å². The van der Waals surface area contributed by atoms with Gasteiger partial charge in [-0.2, -0.15) is 10.1 Å². The van der Waals surface area contributed by atoms with Crippen molar-refractivity contribution in [1.29, 1.82) is 0 Å². The Balaban J connectivity index is 1.12. The number of hydrogen-bond donors (Lipinski definition) is 0. The summed E-state index contributed by atoms with van der Waals surface area (Å²) in [4.78, 5) is 25.9. The lowest BCUT2D eigenvalue weighted by Crippen LogP contribution is -2.40. The summed E-state index contributed by atoms with van der Waals surface area (Å²) >= 11 is 5.90. The van der Waals surface area contributed by atoms with E-state index in [1.165, 1.54) is 0 Å². The zero-order chi connectivity index (χ0) is 21.1. The van der Waals surface area contributed by atoms with Crippen molar-refractivity contribution in [3.63, 3.8) is 0 Å². The highest BCUT2D eigenvalue weighted by molar-refractivity contribution is 6.30. The smallest absolute Gasteiger partial charge is 0.254 e. The van der Waals surface area contributed by atoms with Gasteiger partial charge in [-0.3, -0.25) is 9.59 Å². The second-order valence-corrected chi connectivity index (χ2v) is 9.31. The average molecular weight is 433 g/mol. The molecule has 156 valence electrons. The molecule has 2 aromatic rings. The number of benzene rings is 2. The Morgan fingerprint density at radius 2 is 1.55 bits per heavy atom. The van der Waals surface area contributed by atoms with E-state index < -0.39 is 0 Å². The van der Waals surface area contributed by atoms with Gasteiger partial charge >= 0.3 is 0 Å². The van der Waals surface area contributed by atoms with Crippen LogP contribution in [0.15, 0.2) is 65.8 Å². The first-order valence-corrected chi connectivity index (χ1v) is 11.1. The topological polar surface area (TPSA) is 59.0 Å². The lowest BCUT2D eigenvalue weighted by molar-refractivity contribution is -0.140. The van der Waals surface area contributed by atoms with Gasteiger partial charge in [0, 0.05) is 5.02 Å². The number of carbonyl (C=O) groups excluding carboxylic acids is 2. The Labute approximate surface area is 185 Å². The first-order chi connectivity index (χ1) is 15.1. The molecule has 2 saturated carbocycles. The number of allylic oxidation sites excluding steroid dienone is 2. The van der Waals surface area contributed by atoms with Crippen LogP contribution in [-0.4, -0.2) is 23.0 Å². The lowest BCUT2D eigenvalue weighted by atomic mass is 9.63. The number of hydrazone groups is 1. The molecule has 7 rings (SSSR count). The van der Waals surface area contributed by atoms with Crippen LogP contribution < -0.4 is 4.74 Å². The van der Waals surface area contributed by atoms with Crippen LogP contribution in [0.3, 0.4) is 0 Å². The SMILES string of the molecule is O=C1[C@H]2[C@@H]3C=C[C@H]([C@H]4C[C@H]34)[C@@H]2C(=O)N1/N=C\c1ccc(OCc2ccc(Cl)cc2)cc1. The van der Waals surface area contributed by atoms with Gasteiger partial charge in [0.2, 0.25) is 0 Å². The number of carbonyl (C=O) groups is 2. The van der Waals surface area contributed by atoms with Crippen molar-refractivity contribution >= 4 is 29.6 Å². The third kappa shape index (κ3) is 3.10. The van der Waals surface area contributed by atoms with E-state index in [0.29, 0.717) is 23.5 Å². The molecule has 0 aromatic heterocycles. The Morgan fingerprint density at radius 3 is 2.16 bits per heavy atom. The fourth-order valence-electron chi connectivity index (χ4n) is 5.58. The third-order valence-electron chi connectivity index (χ3n) is 7.16. The van der Waals surface area contributed by atoms with Gasteiger partial charge in [0.25, 0.3) is 11.8 Å². The minimum absolute atomic E-state index is 0.140. The second kappa shape index (κ2) is 7.06. The maximum atomic E-state index is 12.9. The molecule has 6 heteroatoms. The summed E-state index contributed by atoms with van der Waals surface area (Å²) in [5, 5.41) is 6.08. The maximum absolute atomic E-state index is 12.9. The predicted molar refractivity (Wildman–Crippen MR) is 116 cm³/mol. The van der Waals surface area contributed by atoms with Crippen LogP contribution >= 0.6 is 11.6 Å². The molecule has 1 aliphatic heterocycles. The maximum Gasteiger partial charge on any atom is 0.254 e. The highest BCUT2D eigenvalue weighted by Gasteiger charge is 2.67. The Kier molecular flexibility index (Phi) is 4.29. The number of nitrogens with zero attached hydrogens (tertiary/aromatic N) is 2. The summed E-state index contributed by atoms with van der Waals surface area (Å²) in [6.07, 6.45) is 7.07. The second-order valence-electron chi connectivity index (χ2n) is 8.87. The molecule has 1 saturated heterocycles. The molecule has 2 amide bonds. The van der Waals surface area contributed by atoms with Gasteiger partial charge in [0.15, 0.2) is 0 Å². The first-order valence-electron chi connectivity index (χ1n) is 10.7. The Morgan fingerprint density at radius 1 is 0.935 bits per heavy atom. The molecule has 31 heavy (non-hydrogen) atoms. The highest BCUT2D eigenvalue weighted by atomic mass is 35.5. The quantitative estimate of drug-likeness (QED) is 0.402. The molecule has 4 aliphatic carbocycles. The van der Waals surface area contributed by atoms with Crippen LogP contribution in [-0.2, 0) is 16.2 Å². The van der Waals surface area contributed by atoms with Gasteiger partial charge in [0.05, 0.1) is 18.1 Å². The van der Waals surface area contributed by atoms with Crippen LogP contribution in [0.4, 0.5) is 0 Å². The fraction of sp³-hybridized carbons (Fsp3) is 0.320. The summed E-state index contributed by atoms with van der Waals surface area (Å²) < 4.78 is 5.79. The van der Waals surface area contributed by atoms with Crippen molar-refractivity contribution in [3.8, 4) is 5.75 Å². The summed E-state index contributed by atoms with van der Waals surface area (Å²) in [6, 6.07) is 14.9. The predicted octanol–water partition coefficient (Wildman–Crippen LogP) is 4.31. The van der Waals surface area contributed by atoms with Crippen molar-refractivity contribution in [2.24, 2.45) is 40.6 Å². The molecule has 2 bridgehead atoms. The van der Waals surface area contributed by atoms with Gasteiger partial charge in [-0.1, -0.05) is 35.9 Å². The molecule has 0 unspecified atom stereocenters. The lowest BCUT2D eigenvalue weighted by Gasteiger charge is -2.37. The molecular weight excluding hydrogens is 412 g/mol. The standard InChI is InChI=1S/C25H21ClN2O3/c26-16-5-1-15(2-6-16)13-31-17-7-3-14(4-8-17)12-27-28-24(29)22-18-9-10-19(21-11-20(18)21)23(22)25(28)30/h1-10,12,18-23H,11,13H2/b27-12-/t18-,19-,20-,21-,22+,23+/m1/s1. The first kappa shape index (κ1) is 18.8. The molecule has 0 spiro atoms. The van der Waals surface area contributed by atoms with Crippen LogP contribution in [0.5, 0.6) is 5.75 Å². The van der Waals surface area contributed by atoms with E-state index in [4.69, 9.17) is 16.3 Å². The summed E-state index contributed by atoms with van der Waals surface area (Å²) in [6.45, 7) is 0.447. The number of hydrogen-bond acceptors (Lipinski definition) is 4. The highest BCUT2D eigenvalue weighted by Crippen LogP contribution is 2.65. The molecule has 0 radical (unpaired) electrons. The average Bonchev–Trinajstić information content (AvgIpc) is 3.57. The van der Waals surface area contributed by atoms with E-state index in [0.717, 1.165) is 28.3 Å². The minimum Gasteiger partial charge on any atom is -0.489 e. The summed E-state index contributed by atoms with van der Waals surface area (Å²) in [7, 11) is 0. The molecule has 2 aromatic carbocycles. The largest absolute Gasteiger partial charge is 0.489 e. The molecule has 6 atom stereocenters. The van der Waals surface area contributed by atoms with Crippen molar-refractivity contribution in [2.45, 2.75) is 13.0 Å². The zero-order valence-electron chi connectivity index (χ0n) is 16.7. The molecule has 1 heterocycles. The number of rotatable bonds is 5. The minimum atomic E-state index is -0.216. The van der Waals surface area contributed by atoms with Crippen molar-refractivity contribution in [2.75, 3.05) is 0 Å². The van der Waals surface area contributed by atoms with Gasteiger partial charge < -0.3 is 4.74 Å². The van der Waals surface area contributed by atoms with E-state index in [2.05, 4.69) is 17.3 Å². The summed E-state index contributed by atoms with van der Waals surface area (Å²) in [5.41, 5.74) is 1.84. The number of halogens is 1. The van der Waals surface area contributed by atoms with Gasteiger partial charge in [-0.05, 0) is 77.6 Å². The molecule has 0 N–H and O–H groups in total. The van der Waals surface area contributed by atoms with Crippen LogP contribution in [0.25, 0.3) is 0 Å². The Hall–Kier alpha value is -2.92. The van der Waals surface area contributed by atoms with E-state index in [-0.39, 0.29) is 35.5 Å².